The molecule has 1 heterocycles. The highest BCUT2D eigenvalue weighted by Crippen LogP contribution is 2.33. The van der Waals surface area contributed by atoms with Crippen LogP contribution in [0, 0.1) is 0 Å². The third-order valence-electron chi connectivity index (χ3n) is 4.48. The molecule has 3 aromatic carbocycles. The van der Waals surface area contributed by atoms with E-state index in [1.807, 2.05) is 60.7 Å². The maximum absolute atomic E-state index is 10.6. The quantitative estimate of drug-likeness (QED) is 0.767. The summed E-state index contributed by atoms with van der Waals surface area (Å²) in [5.74, 6) is 1.13. The number of ether oxygens (including phenoxy) is 1. The fourth-order valence-corrected chi connectivity index (χ4v) is 3.13. The van der Waals surface area contributed by atoms with Gasteiger partial charge in [0.1, 0.15) is 11.5 Å². The summed E-state index contributed by atoms with van der Waals surface area (Å²) in [5, 5.41) is 16.9. The van der Waals surface area contributed by atoms with Crippen LogP contribution in [0.4, 0.5) is 0 Å². The zero-order chi connectivity index (χ0) is 16.5. The van der Waals surface area contributed by atoms with Gasteiger partial charge in [0.2, 0.25) is 0 Å². The minimum absolute atomic E-state index is 0.108. The number of nitrogens with zero attached hydrogens (tertiary/aromatic N) is 1. The van der Waals surface area contributed by atoms with Gasteiger partial charge in [-0.3, -0.25) is 0 Å². The number of aromatic hydroxyl groups is 1. The van der Waals surface area contributed by atoms with Crippen LogP contribution in [-0.4, -0.2) is 17.9 Å². The van der Waals surface area contributed by atoms with Gasteiger partial charge in [-0.2, -0.15) is 5.10 Å². The SMILES string of the molecule is COc1ccc([C@@H]2CC(c3ccc4ccccc4c3O)=NN2)cc1. The summed E-state index contributed by atoms with van der Waals surface area (Å²) in [7, 11) is 1.66. The number of methoxy groups -OCH3 is 1. The Hall–Kier alpha value is -3.01. The molecule has 0 aliphatic carbocycles. The third kappa shape index (κ3) is 2.46. The highest BCUT2D eigenvalue weighted by Gasteiger charge is 2.23. The van der Waals surface area contributed by atoms with Gasteiger partial charge in [-0.25, -0.2) is 0 Å². The van der Waals surface area contributed by atoms with Crippen molar-refractivity contribution in [2.45, 2.75) is 12.5 Å². The molecular weight excluding hydrogens is 300 g/mol. The molecule has 0 fully saturated rings. The van der Waals surface area contributed by atoms with Crippen LogP contribution in [0.5, 0.6) is 11.5 Å². The molecule has 0 unspecified atom stereocenters. The van der Waals surface area contributed by atoms with Crippen LogP contribution in [0.3, 0.4) is 0 Å². The summed E-state index contributed by atoms with van der Waals surface area (Å²) in [5.41, 5.74) is 5.98. The molecule has 2 N–H and O–H groups in total. The van der Waals surface area contributed by atoms with Crippen LogP contribution in [0.1, 0.15) is 23.6 Å². The van der Waals surface area contributed by atoms with Gasteiger partial charge in [0.05, 0.1) is 18.9 Å². The first-order chi connectivity index (χ1) is 11.8. The predicted molar refractivity (Wildman–Crippen MR) is 95.6 cm³/mol. The van der Waals surface area contributed by atoms with E-state index in [2.05, 4.69) is 10.5 Å². The van der Waals surface area contributed by atoms with Crippen LogP contribution in [0.15, 0.2) is 65.8 Å². The number of phenols is 1. The molecule has 0 aromatic heterocycles. The summed E-state index contributed by atoms with van der Waals surface area (Å²) in [4.78, 5) is 0. The summed E-state index contributed by atoms with van der Waals surface area (Å²) >= 11 is 0. The monoisotopic (exact) mass is 318 g/mol. The molecule has 1 aliphatic heterocycles. The maximum atomic E-state index is 10.6. The Balaban J connectivity index is 1.61. The fourth-order valence-electron chi connectivity index (χ4n) is 3.13. The molecule has 0 spiro atoms. The van der Waals surface area contributed by atoms with Crippen LogP contribution < -0.4 is 10.2 Å². The smallest absolute Gasteiger partial charge is 0.132 e. The summed E-state index contributed by atoms with van der Waals surface area (Å²) in [6.07, 6.45) is 0.734. The van der Waals surface area contributed by atoms with Crippen molar-refractivity contribution in [2.24, 2.45) is 5.10 Å². The Morgan fingerprint density at radius 3 is 2.62 bits per heavy atom. The van der Waals surface area contributed by atoms with Gasteiger partial charge in [0, 0.05) is 17.4 Å². The molecule has 0 bridgehead atoms. The highest BCUT2D eigenvalue weighted by atomic mass is 16.5. The van der Waals surface area contributed by atoms with E-state index in [1.165, 1.54) is 0 Å². The lowest BCUT2D eigenvalue weighted by Gasteiger charge is -2.11. The highest BCUT2D eigenvalue weighted by molar-refractivity contribution is 6.08. The number of hydrogen-bond donors (Lipinski definition) is 2. The molecule has 3 aromatic rings. The van der Waals surface area contributed by atoms with Gasteiger partial charge in [-0.05, 0) is 29.1 Å². The number of benzene rings is 3. The van der Waals surface area contributed by atoms with Crippen molar-refractivity contribution < 1.29 is 9.84 Å². The Morgan fingerprint density at radius 1 is 1.04 bits per heavy atom. The molecule has 0 saturated carbocycles. The normalized spacial score (nSPS) is 16.7. The first-order valence-electron chi connectivity index (χ1n) is 7.93. The van der Waals surface area contributed by atoms with E-state index in [9.17, 15) is 5.11 Å². The molecule has 120 valence electrons. The van der Waals surface area contributed by atoms with Crippen molar-refractivity contribution in [1.82, 2.24) is 5.43 Å². The maximum Gasteiger partial charge on any atom is 0.132 e. The van der Waals surface area contributed by atoms with Crippen LogP contribution in [0.25, 0.3) is 10.8 Å². The van der Waals surface area contributed by atoms with Crippen molar-refractivity contribution in [1.29, 1.82) is 0 Å². The van der Waals surface area contributed by atoms with Gasteiger partial charge in [-0.15, -0.1) is 0 Å². The number of phenolic OH excluding ortho intramolecular Hbond substituents is 1. The largest absolute Gasteiger partial charge is 0.507 e. The van der Waals surface area contributed by atoms with Gasteiger partial charge < -0.3 is 15.3 Å². The lowest BCUT2D eigenvalue weighted by molar-refractivity contribution is 0.414. The van der Waals surface area contributed by atoms with E-state index in [1.54, 1.807) is 7.11 Å². The van der Waals surface area contributed by atoms with E-state index in [0.717, 1.165) is 39.8 Å². The van der Waals surface area contributed by atoms with Crippen molar-refractivity contribution in [2.75, 3.05) is 7.11 Å². The van der Waals surface area contributed by atoms with E-state index in [4.69, 9.17) is 4.74 Å². The van der Waals surface area contributed by atoms with E-state index >= 15 is 0 Å². The number of fused-ring (bicyclic) bond motifs is 1. The predicted octanol–water partition coefficient (Wildman–Crippen LogP) is 3.99. The lowest BCUT2D eigenvalue weighted by Crippen LogP contribution is -2.09. The molecule has 0 saturated heterocycles. The average molecular weight is 318 g/mol. The summed E-state index contributed by atoms with van der Waals surface area (Å²) < 4.78 is 5.20. The number of hydrogen-bond acceptors (Lipinski definition) is 4. The molecule has 24 heavy (non-hydrogen) atoms. The minimum Gasteiger partial charge on any atom is -0.507 e. The van der Waals surface area contributed by atoms with E-state index < -0.39 is 0 Å². The standard InChI is InChI=1S/C20H18N2O2/c1-24-15-9-6-14(7-10-15)18-12-19(22-21-18)17-11-8-13-4-2-3-5-16(13)20(17)23/h2-11,18,21,23H,12H2,1H3/t18-/m0/s1. The molecule has 0 radical (unpaired) electrons. The minimum atomic E-state index is 0.108. The third-order valence-corrected chi connectivity index (χ3v) is 4.48. The second-order valence-electron chi connectivity index (χ2n) is 5.90. The molecule has 0 amide bonds. The second kappa shape index (κ2) is 5.89. The average Bonchev–Trinajstić information content (AvgIpc) is 3.12. The number of hydrazone groups is 1. The lowest BCUT2D eigenvalue weighted by atomic mass is 9.96. The number of nitrogens with one attached hydrogen (secondary N) is 1. The van der Waals surface area contributed by atoms with E-state index in [0.29, 0.717) is 5.75 Å². The van der Waals surface area contributed by atoms with Crippen molar-refractivity contribution in [3.05, 3.63) is 71.8 Å². The first kappa shape index (κ1) is 14.6. The number of rotatable bonds is 3. The fraction of sp³-hybridized carbons (Fsp3) is 0.150. The van der Waals surface area contributed by atoms with Gasteiger partial charge >= 0.3 is 0 Å². The second-order valence-corrected chi connectivity index (χ2v) is 5.90. The zero-order valence-corrected chi connectivity index (χ0v) is 13.4. The zero-order valence-electron chi connectivity index (χ0n) is 13.4. The van der Waals surface area contributed by atoms with Crippen molar-refractivity contribution in [3.63, 3.8) is 0 Å². The molecular formula is C20H18N2O2. The Morgan fingerprint density at radius 2 is 1.83 bits per heavy atom. The van der Waals surface area contributed by atoms with Crippen molar-refractivity contribution in [3.8, 4) is 11.5 Å². The molecule has 1 aliphatic rings. The van der Waals surface area contributed by atoms with E-state index in [-0.39, 0.29) is 6.04 Å². The summed E-state index contributed by atoms with van der Waals surface area (Å²) in [6, 6.07) is 19.9. The van der Waals surface area contributed by atoms with Crippen molar-refractivity contribution >= 4 is 16.5 Å². The topological polar surface area (TPSA) is 53.9 Å². The summed E-state index contributed by atoms with van der Waals surface area (Å²) in [6.45, 7) is 0. The van der Waals surface area contributed by atoms with Crippen LogP contribution >= 0.6 is 0 Å². The molecule has 4 nitrogen and oxygen atoms in total. The Kier molecular flexibility index (Phi) is 3.58. The van der Waals surface area contributed by atoms with Crippen LogP contribution in [0.2, 0.25) is 0 Å². The molecule has 4 rings (SSSR count). The Labute approximate surface area is 140 Å². The van der Waals surface area contributed by atoms with Gasteiger partial charge in [0.15, 0.2) is 0 Å². The molecule has 1 atom stereocenters. The first-order valence-corrected chi connectivity index (χ1v) is 7.93. The van der Waals surface area contributed by atoms with Crippen LogP contribution in [-0.2, 0) is 0 Å². The van der Waals surface area contributed by atoms with Gasteiger partial charge in [0.25, 0.3) is 0 Å². The van der Waals surface area contributed by atoms with Gasteiger partial charge in [-0.1, -0.05) is 42.5 Å². The Bertz CT molecular complexity index is 917. The molecule has 4 heteroatoms.